The number of anilines is 2. The van der Waals surface area contributed by atoms with Gasteiger partial charge in [0.25, 0.3) is 0 Å². The van der Waals surface area contributed by atoms with Crippen molar-refractivity contribution in [2.24, 2.45) is 5.41 Å². The van der Waals surface area contributed by atoms with Crippen molar-refractivity contribution in [3.05, 3.63) is 11.9 Å². The number of hydrogen-bond donors (Lipinski definition) is 2. The molecule has 2 N–H and O–H groups in total. The first-order valence-electron chi connectivity index (χ1n) is 8.34. The summed E-state index contributed by atoms with van der Waals surface area (Å²) in [7, 11) is 1.91. The average Bonchev–Trinajstić information content (AvgIpc) is 3.30. The van der Waals surface area contributed by atoms with Crippen molar-refractivity contribution in [3.63, 3.8) is 0 Å². The standard InChI is InChI=1S/C17H30N4/c1-5-6-7-10-17(2,3)12-19-15-11-14(18-4)20-16(21-15)13-8-9-13/h11,13H,5-10,12H2,1-4H3,(H2,18,19,20,21). The molecule has 1 aromatic rings. The number of unbranched alkanes of at least 4 members (excludes halogenated alkanes) is 2. The smallest absolute Gasteiger partial charge is 0.136 e. The molecule has 0 amide bonds. The molecule has 1 fully saturated rings. The summed E-state index contributed by atoms with van der Waals surface area (Å²) in [6.07, 6.45) is 7.64. The summed E-state index contributed by atoms with van der Waals surface area (Å²) in [4.78, 5) is 9.24. The first kappa shape index (κ1) is 16.1. The Morgan fingerprint density at radius 2 is 1.90 bits per heavy atom. The molecule has 0 spiro atoms. The first-order valence-corrected chi connectivity index (χ1v) is 8.34. The second kappa shape index (κ2) is 7.10. The van der Waals surface area contributed by atoms with E-state index in [1.54, 1.807) is 0 Å². The molecule has 0 bridgehead atoms. The molecule has 2 rings (SSSR count). The predicted molar refractivity (Wildman–Crippen MR) is 90.0 cm³/mol. The van der Waals surface area contributed by atoms with Gasteiger partial charge < -0.3 is 10.6 Å². The van der Waals surface area contributed by atoms with Gasteiger partial charge in [0, 0.05) is 25.6 Å². The van der Waals surface area contributed by atoms with E-state index in [0.29, 0.717) is 11.3 Å². The van der Waals surface area contributed by atoms with Crippen molar-refractivity contribution < 1.29 is 0 Å². The number of nitrogens with one attached hydrogen (secondary N) is 2. The predicted octanol–water partition coefficient (Wildman–Crippen LogP) is 4.41. The molecule has 118 valence electrons. The van der Waals surface area contributed by atoms with Crippen LogP contribution in [0.1, 0.15) is 71.0 Å². The molecule has 4 heteroatoms. The summed E-state index contributed by atoms with van der Waals surface area (Å²) in [5.41, 5.74) is 0.305. The molecule has 0 radical (unpaired) electrons. The largest absolute Gasteiger partial charge is 0.373 e. The highest BCUT2D eigenvalue weighted by Crippen LogP contribution is 2.38. The second-order valence-electron chi connectivity index (χ2n) is 7.00. The maximum absolute atomic E-state index is 4.68. The minimum atomic E-state index is 0.305. The van der Waals surface area contributed by atoms with Crippen molar-refractivity contribution in [1.82, 2.24) is 9.97 Å². The fourth-order valence-electron chi connectivity index (χ4n) is 2.48. The van der Waals surface area contributed by atoms with E-state index in [9.17, 15) is 0 Å². The van der Waals surface area contributed by atoms with Crippen molar-refractivity contribution in [3.8, 4) is 0 Å². The van der Waals surface area contributed by atoms with Crippen molar-refractivity contribution in [1.29, 1.82) is 0 Å². The van der Waals surface area contributed by atoms with E-state index in [1.807, 2.05) is 13.1 Å². The normalized spacial score (nSPS) is 15.0. The number of rotatable bonds is 9. The minimum absolute atomic E-state index is 0.305. The number of nitrogens with zero attached hydrogens (tertiary/aromatic N) is 2. The average molecular weight is 290 g/mol. The van der Waals surface area contributed by atoms with Crippen LogP contribution >= 0.6 is 0 Å². The van der Waals surface area contributed by atoms with Crippen LogP contribution in [0.3, 0.4) is 0 Å². The van der Waals surface area contributed by atoms with Crippen LogP contribution in [0.25, 0.3) is 0 Å². The third kappa shape index (κ3) is 5.18. The number of aromatic nitrogens is 2. The van der Waals surface area contributed by atoms with Gasteiger partial charge in [-0.05, 0) is 24.7 Å². The highest BCUT2D eigenvalue weighted by Gasteiger charge is 2.27. The molecule has 1 saturated carbocycles. The maximum atomic E-state index is 4.68. The third-order valence-electron chi connectivity index (χ3n) is 4.15. The summed E-state index contributed by atoms with van der Waals surface area (Å²) >= 11 is 0. The molecule has 0 atom stereocenters. The number of hydrogen-bond acceptors (Lipinski definition) is 4. The molecule has 0 saturated heterocycles. The van der Waals surface area contributed by atoms with Gasteiger partial charge in [0.1, 0.15) is 17.5 Å². The Morgan fingerprint density at radius 1 is 1.19 bits per heavy atom. The van der Waals surface area contributed by atoms with Crippen LogP contribution in [0.5, 0.6) is 0 Å². The van der Waals surface area contributed by atoms with Crippen LogP contribution in [0, 0.1) is 5.41 Å². The lowest BCUT2D eigenvalue weighted by Crippen LogP contribution is -2.23. The van der Waals surface area contributed by atoms with Crippen molar-refractivity contribution in [2.45, 2.75) is 65.2 Å². The van der Waals surface area contributed by atoms with Crippen LogP contribution in [-0.4, -0.2) is 23.6 Å². The maximum Gasteiger partial charge on any atom is 0.136 e. The van der Waals surface area contributed by atoms with E-state index >= 15 is 0 Å². The minimum Gasteiger partial charge on any atom is -0.373 e. The Balaban J connectivity index is 1.93. The van der Waals surface area contributed by atoms with E-state index in [-0.39, 0.29) is 0 Å². The zero-order chi connectivity index (χ0) is 15.3. The van der Waals surface area contributed by atoms with Gasteiger partial charge in [-0.3, -0.25) is 0 Å². The summed E-state index contributed by atoms with van der Waals surface area (Å²) in [6.45, 7) is 7.88. The Kier molecular flexibility index (Phi) is 5.43. The van der Waals surface area contributed by atoms with Gasteiger partial charge >= 0.3 is 0 Å². The molecule has 0 aliphatic heterocycles. The summed E-state index contributed by atoms with van der Waals surface area (Å²) in [5, 5.41) is 6.66. The highest BCUT2D eigenvalue weighted by molar-refractivity contribution is 5.48. The van der Waals surface area contributed by atoms with Gasteiger partial charge in [-0.2, -0.15) is 0 Å². The zero-order valence-corrected chi connectivity index (χ0v) is 14.0. The molecule has 1 aliphatic rings. The molecular formula is C17H30N4. The Hall–Kier alpha value is -1.32. The molecule has 1 heterocycles. The Bertz CT molecular complexity index is 452. The summed E-state index contributed by atoms with van der Waals surface area (Å²) in [6, 6.07) is 2.01. The van der Waals surface area contributed by atoms with Crippen LogP contribution in [-0.2, 0) is 0 Å². The molecule has 1 aliphatic carbocycles. The van der Waals surface area contributed by atoms with Crippen LogP contribution in [0.15, 0.2) is 6.07 Å². The SMILES string of the molecule is CCCCCC(C)(C)CNc1cc(NC)nc(C2CC2)n1. The lowest BCUT2D eigenvalue weighted by atomic mass is 9.87. The topological polar surface area (TPSA) is 49.8 Å². The van der Waals surface area contributed by atoms with Crippen LogP contribution < -0.4 is 10.6 Å². The van der Waals surface area contributed by atoms with Crippen molar-refractivity contribution in [2.75, 3.05) is 24.2 Å². The third-order valence-corrected chi connectivity index (χ3v) is 4.15. The molecular weight excluding hydrogens is 260 g/mol. The molecule has 1 aromatic heterocycles. The van der Waals surface area contributed by atoms with Gasteiger partial charge in [-0.1, -0.05) is 40.0 Å². The van der Waals surface area contributed by atoms with Gasteiger partial charge in [0.15, 0.2) is 0 Å². The van der Waals surface area contributed by atoms with Crippen LogP contribution in [0.4, 0.5) is 11.6 Å². The first-order chi connectivity index (χ1) is 10.0. The molecule has 21 heavy (non-hydrogen) atoms. The van der Waals surface area contributed by atoms with Crippen molar-refractivity contribution >= 4 is 11.6 Å². The van der Waals surface area contributed by atoms with Gasteiger partial charge in [0.2, 0.25) is 0 Å². The van der Waals surface area contributed by atoms with Gasteiger partial charge in [0.05, 0.1) is 0 Å². The monoisotopic (exact) mass is 290 g/mol. The lowest BCUT2D eigenvalue weighted by Gasteiger charge is -2.25. The highest BCUT2D eigenvalue weighted by atomic mass is 15.1. The van der Waals surface area contributed by atoms with E-state index < -0.39 is 0 Å². The molecule has 0 aromatic carbocycles. The Morgan fingerprint density at radius 3 is 2.52 bits per heavy atom. The second-order valence-corrected chi connectivity index (χ2v) is 7.00. The van der Waals surface area contributed by atoms with E-state index in [1.165, 1.54) is 38.5 Å². The van der Waals surface area contributed by atoms with Crippen LogP contribution in [0.2, 0.25) is 0 Å². The molecule has 4 nitrogen and oxygen atoms in total. The van der Waals surface area contributed by atoms with E-state index in [2.05, 4.69) is 41.4 Å². The summed E-state index contributed by atoms with van der Waals surface area (Å²) < 4.78 is 0. The van der Waals surface area contributed by atoms with Gasteiger partial charge in [-0.15, -0.1) is 0 Å². The van der Waals surface area contributed by atoms with Gasteiger partial charge in [-0.25, -0.2) is 9.97 Å². The fourth-order valence-corrected chi connectivity index (χ4v) is 2.48. The Labute approximate surface area is 129 Å². The zero-order valence-electron chi connectivity index (χ0n) is 14.0. The van der Waals surface area contributed by atoms with E-state index in [4.69, 9.17) is 0 Å². The lowest BCUT2D eigenvalue weighted by molar-refractivity contribution is 0.342. The van der Waals surface area contributed by atoms with E-state index in [0.717, 1.165) is 24.0 Å². The fraction of sp³-hybridized carbons (Fsp3) is 0.765. The molecule has 0 unspecified atom stereocenters. The quantitative estimate of drug-likeness (QED) is 0.661. The summed E-state index contributed by atoms with van der Waals surface area (Å²) in [5.74, 6) is 3.45.